The highest BCUT2D eigenvalue weighted by atomic mass is 19.1. The molecule has 1 aromatic carbocycles. The van der Waals surface area contributed by atoms with Crippen LogP contribution in [0.3, 0.4) is 0 Å². The Labute approximate surface area is 105 Å². The molecule has 0 amide bonds. The number of nitrogens with one attached hydrogen (secondary N) is 1. The van der Waals surface area contributed by atoms with Gasteiger partial charge in [-0.3, -0.25) is 10.1 Å². The number of hydrogen-bond donors (Lipinski definition) is 1. The van der Waals surface area contributed by atoms with Crippen LogP contribution in [0.2, 0.25) is 0 Å². The van der Waals surface area contributed by atoms with E-state index in [1.807, 2.05) is 0 Å². The van der Waals surface area contributed by atoms with Crippen molar-refractivity contribution in [2.24, 2.45) is 5.92 Å². The van der Waals surface area contributed by atoms with Gasteiger partial charge in [0.05, 0.1) is 4.92 Å². The number of nitro groups is 1. The summed E-state index contributed by atoms with van der Waals surface area (Å²) in [6.45, 7) is 0.817. The van der Waals surface area contributed by atoms with Crippen molar-refractivity contribution in [2.45, 2.75) is 32.1 Å². The highest BCUT2D eigenvalue weighted by molar-refractivity contribution is 5.49. The van der Waals surface area contributed by atoms with E-state index in [1.54, 1.807) is 6.07 Å². The molecule has 2 rings (SSSR count). The maximum Gasteiger partial charge on any atom is 0.304 e. The summed E-state index contributed by atoms with van der Waals surface area (Å²) in [6.07, 6.45) is 6.26. The average Bonchev–Trinajstić information content (AvgIpc) is 2.37. The normalized spacial score (nSPS) is 16.5. The minimum Gasteiger partial charge on any atom is -0.385 e. The lowest BCUT2D eigenvalue weighted by Crippen LogP contribution is -2.17. The van der Waals surface area contributed by atoms with Crippen molar-refractivity contribution < 1.29 is 9.31 Å². The maximum atomic E-state index is 13.4. The fourth-order valence-corrected chi connectivity index (χ4v) is 2.42. The lowest BCUT2D eigenvalue weighted by Gasteiger charge is -2.22. The SMILES string of the molecule is O=[N+]([O-])c1ccc(NCC2CCCCC2)cc1F. The summed E-state index contributed by atoms with van der Waals surface area (Å²) in [4.78, 5) is 9.78. The Morgan fingerprint density at radius 1 is 1.33 bits per heavy atom. The van der Waals surface area contributed by atoms with Crippen LogP contribution in [0.5, 0.6) is 0 Å². The molecule has 0 heterocycles. The van der Waals surface area contributed by atoms with Crippen molar-refractivity contribution in [3.63, 3.8) is 0 Å². The number of hydrogen-bond acceptors (Lipinski definition) is 3. The van der Waals surface area contributed by atoms with Crippen molar-refractivity contribution in [2.75, 3.05) is 11.9 Å². The third-order valence-corrected chi connectivity index (χ3v) is 3.46. The van der Waals surface area contributed by atoms with E-state index in [9.17, 15) is 14.5 Å². The topological polar surface area (TPSA) is 55.2 Å². The molecule has 5 heteroatoms. The molecule has 0 aromatic heterocycles. The van der Waals surface area contributed by atoms with Crippen molar-refractivity contribution in [3.05, 3.63) is 34.1 Å². The molecule has 98 valence electrons. The summed E-state index contributed by atoms with van der Waals surface area (Å²) in [5.74, 6) is -0.148. The number of halogens is 1. The monoisotopic (exact) mass is 252 g/mol. The fraction of sp³-hybridized carbons (Fsp3) is 0.538. The smallest absolute Gasteiger partial charge is 0.304 e. The maximum absolute atomic E-state index is 13.4. The van der Waals surface area contributed by atoms with Crippen LogP contribution in [-0.2, 0) is 0 Å². The Kier molecular flexibility index (Phi) is 4.12. The molecular formula is C13H17FN2O2. The Hall–Kier alpha value is -1.65. The molecule has 0 unspecified atom stereocenters. The molecular weight excluding hydrogens is 235 g/mol. The zero-order chi connectivity index (χ0) is 13.0. The fourth-order valence-electron chi connectivity index (χ4n) is 2.42. The lowest BCUT2D eigenvalue weighted by atomic mass is 9.89. The second kappa shape index (κ2) is 5.80. The average molecular weight is 252 g/mol. The van der Waals surface area contributed by atoms with Gasteiger partial charge in [0.2, 0.25) is 5.82 Å². The molecule has 1 aromatic rings. The molecule has 0 aliphatic heterocycles. The standard InChI is InChI=1S/C13H17FN2O2/c14-12-8-11(6-7-13(12)16(17)18)15-9-10-4-2-1-3-5-10/h6-8,10,15H,1-5,9H2. The molecule has 1 aliphatic rings. The predicted octanol–water partition coefficient (Wildman–Crippen LogP) is 3.73. The van der Waals surface area contributed by atoms with E-state index >= 15 is 0 Å². The van der Waals surface area contributed by atoms with Gasteiger partial charge in [-0.1, -0.05) is 19.3 Å². The van der Waals surface area contributed by atoms with E-state index in [2.05, 4.69) is 5.32 Å². The summed E-state index contributed by atoms with van der Waals surface area (Å²) < 4.78 is 13.4. The molecule has 4 nitrogen and oxygen atoms in total. The van der Waals surface area contributed by atoms with Crippen LogP contribution in [0.25, 0.3) is 0 Å². The van der Waals surface area contributed by atoms with Gasteiger partial charge in [0.15, 0.2) is 0 Å². The van der Waals surface area contributed by atoms with E-state index in [0.717, 1.165) is 6.54 Å². The number of nitro benzene ring substituents is 1. The molecule has 18 heavy (non-hydrogen) atoms. The second-order valence-corrected chi connectivity index (χ2v) is 4.81. The van der Waals surface area contributed by atoms with Crippen molar-refractivity contribution in [1.82, 2.24) is 0 Å². The highest BCUT2D eigenvalue weighted by Crippen LogP contribution is 2.25. The van der Waals surface area contributed by atoms with Crippen LogP contribution < -0.4 is 5.32 Å². The first-order chi connectivity index (χ1) is 8.66. The van der Waals surface area contributed by atoms with E-state index in [0.29, 0.717) is 11.6 Å². The quantitative estimate of drug-likeness (QED) is 0.656. The molecule has 1 fully saturated rings. The van der Waals surface area contributed by atoms with Crippen LogP contribution in [0.1, 0.15) is 32.1 Å². The van der Waals surface area contributed by atoms with Crippen LogP contribution >= 0.6 is 0 Å². The molecule has 0 atom stereocenters. The lowest BCUT2D eigenvalue weighted by molar-refractivity contribution is -0.387. The van der Waals surface area contributed by atoms with Crippen LogP contribution in [0.15, 0.2) is 18.2 Å². The molecule has 0 radical (unpaired) electrons. The Bertz CT molecular complexity index is 431. The molecule has 1 saturated carbocycles. The first-order valence-electron chi connectivity index (χ1n) is 6.34. The Morgan fingerprint density at radius 3 is 2.67 bits per heavy atom. The zero-order valence-corrected chi connectivity index (χ0v) is 10.2. The largest absolute Gasteiger partial charge is 0.385 e. The zero-order valence-electron chi connectivity index (χ0n) is 10.2. The predicted molar refractivity (Wildman–Crippen MR) is 68.1 cm³/mol. The van der Waals surface area contributed by atoms with Gasteiger partial charge < -0.3 is 5.32 Å². The summed E-state index contributed by atoms with van der Waals surface area (Å²) in [5, 5.41) is 13.6. The number of rotatable bonds is 4. The highest BCUT2D eigenvalue weighted by Gasteiger charge is 2.15. The van der Waals surface area contributed by atoms with Gasteiger partial charge in [-0.05, 0) is 24.8 Å². The summed E-state index contributed by atoms with van der Waals surface area (Å²) >= 11 is 0. The third-order valence-electron chi connectivity index (χ3n) is 3.46. The second-order valence-electron chi connectivity index (χ2n) is 4.81. The van der Waals surface area contributed by atoms with Crippen molar-refractivity contribution >= 4 is 11.4 Å². The van der Waals surface area contributed by atoms with Gasteiger partial charge in [0.1, 0.15) is 0 Å². The van der Waals surface area contributed by atoms with Gasteiger partial charge in [-0.2, -0.15) is 4.39 Å². The van der Waals surface area contributed by atoms with E-state index in [4.69, 9.17) is 0 Å². The molecule has 0 saturated heterocycles. The molecule has 1 aliphatic carbocycles. The van der Waals surface area contributed by atoms with Gasteiger partial charge >= 0.3 is 5.69 Å². The molecule has 0 spiro atoms. The van der Waals surface area contributed by atoms with Crippen LogP contribution in [-0.4, -0.2) is 11.5 Å². The van der Waals surface area contributed by atoms with E-state index < -0.39 is 16.4 Å². The summed E-state index contributed by atoms with van der Waals surface area (Å²) in [7, 11) is 0. The van der Waals surface area contributed by atoms with Crippen molar-refractivity contribution in [3.8, 4) is 0 Å². The molecule has 1 N–H and O–H groups in total. The van der Waals surface area contributed by atoms with Gasteiger partial charge in [-0.25, -0.2) is 0 Å². The number of anilines is 1. The van der Waals surface area contributed by atoms with Crippen molar-refractivity contribution in [1.29, 1.82) is 0 Å². The van der Waals surface area contributed by atoms with Crippen LogP contribution in [0.4, 0.5) is 15.8 Å². The van der Waals surface area contributed by atoms with Gasteiger partial charge in [-0.15, -0.1) is 0 Å². The summed E-state index contributed by atoms with van der Waals surface area (Å²) in [6, 6.07) is 3.96. The van der Waals surface area contributed by atoms with E-state index in [1.165, 1.54) is 44.2 Å². The molecule has 0 bridgehead atoms. The Balaban J connectivity index is 1.93. The van der Waals surface area contributed by atoms with Gasteiger partial charge in [0.25, 0.3) is 0 Å². The summed E-state index contributed by atoms with van der Waals surface area (Å²) in [5.41, 5.74) is 0.141. The third kappa shape index (κ3) is 3.18. The van der Waals surface area contributed by atoms with Crippen LogP contribution in [0, 0.1) is 21.8 Å². The number of nitrogens with zero attached hydrogens (tertiary/aromatic N) is 1. The van der Waals surface area contributed by atoms with Gasteiger partial charge in [0, 0.05) is 24.4 Å². The van der Waals surface area contributed by atoms with E-state index in [-0.39, 0.29) is 0 Å². The first kappa shape index (κ1) is 12.8. The first-order valence-corrected chi connectivity index (χ1v) is 6.34. The minimum absolute atomic E-state index is 0.474. The number of benzene rings is 1. The Morgan fingerprint density at radius 2 is 2.06 bits per heavy atom. The minimum atomic E-state index is -0.784.